The molecule has 0 atom stereocenters. The predicted molar refractivity (Wildman–Crippen MR) is 47.9 cm³/mol. The number of hydrogen-bond acceptors (Lipinski definition) is 3. The third-order valence-corrected chi connectivity index (χ3v) is 1.32. The minimum atomic E-state index is -1.03. The summed E-state index contributed by atoms with van der Waals surface area (Å²) >= 11 is 0. The average molecular weight is 186 g/mol. The van der Waals surface area contributed by atoms with Crippen LogP contribution in [0.4, 0.5) is 0 Å². The zero-order valence-electron chi connectivity index (χ0n) is 7.87. The third-order valence-electron chi connectivity index (χ3n) is 1.32. The van der Waals surface area contributed by atoms with Crippen molar-refractivity contribution in [3.63, 3.8) is 0 Å². The Morgan fingerprint density at radius 1 is 1.54 bits per heavy atom. The van der Waals surface area contributed by atoms with Gasteiger partial charge < -0.3 is 14.6 Å². The molecule has 4 nitrogen and oxygen atoms in total. The first-order chi connectivity index (χ1) is 6.17. The summed E-state index contributed by atoms with van der Waals surface area (Å²) in [5.41, 5.74) is 0.113. The van der Waals surface area contributed by atoms with Gasteiger partial charge in [-0.15, -0.1) is 0 Å². The molecule has 0 rings (SSSR count). The Bertz CT molecular complexity index is 218. The Kier molecular flexibility index (Phi) is 5.43. The van der Waals surface area contributed by atoms with Crippen LogP contribution in [0.3, 0.4) is 0 Å². The van der Waals surface area contributed by atoms with Crippen LogP contribution in [-0.4, -0.2) is 17.7 Å². The van der Waals surface area contributed by atoms with Gasteiger partial charge >= 0.3 is 5.97 Å². The van der Waals surface area contributed by atoms with E-state index in [-0.39, 0.29) is 11.5 Å². The molecular formula is C9H14O4. The van der Waals surface area contributed by atoms with Gasteiger partial charge in [0, 0.05) is 0 Å². The monoisotopic (exact) mass is 186 g/mol. The Morgan fingerprint density at radius 2 is 2.15 bits per heavy atom. The van der Waals surface area contributed by atoms with Crippen LogP contribution < -0.4 is 0 Å². The molecule has 0 aromatic heterocycles. The lowest BCUT2D eigenvalue weighted by atomic mass is 10.2. The molecule has 0 aromatic rings. The van der Waals surface area contributed by atoms with Gasteiger partial charge in [-0.1, -0.05) is 13.5 Å². The number of hydrogen-bond donors (Lipinski definition) is 1. The smallest absolute Gasteiger partial charge is 0.338 e. The zero-order valence-corrected chi connectivity index (χ0v) is 7.87. The second-order valence-electron chi connectivity index (χ2n) is 2.14. The zero-order chi connectivity index (χ0) is 10.3. The standard InChI is InChI=1S/C9H14O4/c1-4-7(8(10)11)9(12-5-2)13-6-3/h5H,2,4,6H2,1,3H3,(H,10,11). The Labute approximate surface area is 77.5 Å². The van der Waals surface area contributed by atoms with E-state index in [1.54, 1.807) is 13.8 Å². The van der Waals surface area contributed by atoms with Crippen LogP contribution >= 0.6 is 0 Å². The molecule has 0 amide bonds. The minimum absolute atomic E-state index is 0.0208. The highest BCUT2D eigenvalue weighted by molar-refractivity contribution is 5.86. The number of carboxylic acid groups (broad SMARTS) is 1. The summed E-state index contributed by atoms with van der Waals surface area (Å²) in [5.74, 6) is -1.01. The fraction of sp³-hybridized carbons (Fsp3) is 0.444. The van der Waals surface area contributed by atoms with E-state index in [1.807, 2.05) is 0 Å². The fourth-order valence-corrected chi connectivity index (χ4v) is 0.782. The van der Waals surface area contributed by atoms with Gasteiger partial charge in [0.05, 0.1) is 12.9 Å². The molecule has 0 saturated carbocycles. The fourth-order valence-electron chi connectivity index (χ4n) is 0.782. The molecule has 0 bridgehead atoms. The van der Waals surface area contributed by atoms with Crippen molar-refractivity contribution >= 4 is 5.97 Å². The average Bonchev–Trinajstić information content (AvgIpc) is 2.05. The molecule has 13 heavy (non-hydrogen) atoms. The van der Waals surface area contributed by atoms with Gasteiger partial charge in [0.25, 0.3) is 5.95 Å². The van der Waals surface area contributed by atoms with Crippen LogP contribution in [-0.2, 0) is 14.3 Å². The highest BCUT2D eigenvalue weighted by atomic mass is 16.7. The first-order valence-corrected chi connectivity index (χ1v) is 4.04. The summed E-state index contributed by atoms with van der Waals surface area (Å²) in [5, 5.41) is 8.74. The molecule has 0 heterocycles. The number of rotatable bonds is 6. The van der Waals surface area contributed by atoms with Gasteiger partial charge in [0.1, 0.15) is 5.57 Å². The molecule has 0 aromatic carbocycles. The summed E-state index contributed by atoms with van der Waals surface area (Å²) in [6.07, 6.45) is 1.49. The van der Waals surface area contributed by atoms with Gasteiger partial charge in [-0.3, -0.25) is 0 Å². The molecule has 0 saturated heterocycles. The molecule has 0 aliphatic rings. The highest BCUT2D eigenvalue weighted by Crippen LogP contribution is 2.12. The van der Waals surface area contributed by atoms with Gasteiger partial charge in [-0.25, -0.2) is 4.79 Å². The molecule has 74 valence electrons. The van der Waals surface area contributed by atoms with Crippen LogP contribution in [0.1, 0.15) is 20.3 Å². The van der Waals surface area contributed by atoms with E-state index in [0.29, 0.717) is 13.0 Å². The van der Waals surface area contributed by atoms with Gasteiger partial charge in [-0.2, -0.15) is 0 Å². The number of carbonyl (C=O) groups is 1. The van der Waals surface area contributed by atoms with Crippen molar-refractivity contribution in [3.8, 4) is 0 Å². The Hall–Kier alpha value is -1.45. The van der Waals surface area contributed by atoms with Crippen LogP contribution in [0.5, 0.6) is 0 Å². The maximum Gasteiger partial charge on any atom is 0.338 e. The second kappa shape index (κ2) is 6.11. The molecule has 1 N–H and O–H groups in total. The molecule has 0 aliphatic carbocycles. The predicted octanol–water partition coefficient (Wildman–Crippen LogP) is 1.89. The molecular weight excluding hydrogens is 172 g/mol. The van der Waals surface area contributed by atoms with Crippen molar-refractivity contribution in [1.29, 1.82) is 0 Å². The first-order valence-electron chi connectivity index (χ1n) is 4.04. The van der Waals surface area contributed by atoms with Crippen LogP contribution in [0.15, 0.2) is 24.4 Å². The Morgan fingerprint density at radius 3 is 2.46 bits per heavy atom. The summed E-state index contributed by atoms with van der Waals surface area (Å²) in [7, 11) is 0. The minimum Gasteiger partial charge on any atom is -0.478 e. The lowest BCUT2D eigenvalue weighted by Gasteiger charge is -2.09. The maximum absolute atomic E-state index is 10.7. The largest absolute Gasteiger partial charge is 0.478 e. The van der Waals surface area contributed by atoms with Gasteiger partial charge in [-0.05, 0) is 13.3 Å². The van der Waals surface area contributed by atoms with Gasteiger partial charge in [0.2, 0.25) is 0 Å². The van der Waals surface area contributed by atoms with E-state index in [9.17, 15) is 4.79 Å². The van der Waals surface area contributed by atoms with Gasteiger partial charge in [0.15, 0.2) is 0 Å². The SMILES string of the molecule is C=COC(OCC)=C(CC)C(=O)O. The summed E-state index contributed by atoms with van der Waals surface area (Å²) in [6, 6.07) is 0. The summed E-state index contributed by atoms with van der Waals surface area (Å²) in [6.45, 7) is 7.16. The van der Waals surface area contributed by atoms with Crippen molar-refractivity contribution in [2.45, 2.75) is 20.3 Å². The highest BCUT2D eigenvalue weighted by Gasteiger charge is 2.14. The first kappa shape index (κ1) is 11.6. The Balaban J connectivity index is 4.75. The molecule has 0 aliphatic heterocycles. The maximum atomic E-state index is 10.7. The lowest BCUT2D eigenvalue weighted by molar-refractivity contribution is -0.133. The lowest BCUT2D eigenvalue weighted by Crippen LogP contribution is -2.07. The topological polar surface area (TPSA) is 55.8 Å². The normalized spacial score (nSPS) is 11.5. The van der Waals surface area contributed by atoms with E-state index < -0.39 is 5.97 Å². The molecule has 0 spiro atoms. The number of carboxylic acids is 1. The van der Waals surface area contributed by atoms with Crippen molar-refractivity contribution in [1.82, 2.24) is 0 Å². The number of aliphatic carboxylic acids is 1. The summed E-state index contributed by atoms with van der Waals surface area (Å²) in [4.78, 5) is 10.7. The van der Waals surface area contributed by atoms with Crippen molar-refractivity contribution in [2.75, 3.05) is 6.61 Å². The van der Waals surface area contributed by atoms with E-state index in [1.165, 1.54) is 0 Å². The van der Waals surface area contributed by atoms with E-state index in [0.717, 1.165) is 6.26 Å². The molecule has 0 fully saturated rings. The van der Waals surface area contributed by atoms with E-state index in [4.69, 9.17) is 14.6 Å². The molecule has 0 unspecified atom stereocenters. The molecule has 4 heteroatoms. The van der Waals surface area contributed by atoms with Crippen LogP contribution in [0, 0.1) is 0 Å². The van der Waals surface area contributed by atoms with Crippen molar-refractivity contribution < 1.29 is 19.4 Å². The van der Waals surface area contributed by atoms with Crippen LogP contribution in [0.2, 0.25) is 0 Å². The second-order valence-corrected chi connectivity index (χ2v) is 2.14. The van der Waals surface area contributed by atoms with E-state index >= 15 is 0 Å². The quantitative estimate of drug-likeness (QED) is 0.508. The number of ether oxygens (including phenoxy) is 2. The van der Waals surface area contributed by atoms with Crippen molar-refractivity contribution in [2.24, 2.45) is 0 Å². The van der Waals surface area contributed by atoms with E-state index in [2.05, 4.69) is 6.58 Å². The molecule has 0 radical (unpaired) electrons. The van der Waals surface area contributed by atoms with Crippen molar-refractivity contribution in [3.05, 3.63) is 24.4 Å². The third kappa shape index (κ3) is 3.64. The van der Waals surface area contributed by atoms with Crippen LogP contribution in [0.25, 0.3) is 0 Å². The summed E-state index contributed by atoms with van der Waals surface area (Å²) < 4.78 is 9.84.